The number of carbonyl (C=O) groups excluding carboxylic acids is 1. The van der Waals surface area contributed by atoms with Crippen LogP contribution >= 0.6 is 0 Å². The highest BCUT2D eigenvalue weighted by molar-refractivity contribution is 5.83. The fourth-order valence-corrected chi connectivity index (χ4v) is 3.59. The molecule has 0 N–H and O–H groups in total. The van der Waals surface area contributed by atoms with E-state index in [1.165, 1.54) is 48.8 Å². The minimum Gasteiger partial charge on any atom is -0.299 e. The van der Waals surface area contributed by atoms with E-state index in [1.807, 2.05) is 0 Å². The summed E-state index contributed by atoms with van der Waals surface area (Å²) in [5, 5.41) is 0. The summed E-state index contributed by atoms with van der Waals surface area (Å²) in [5.41, 5.74) is 3.74. The highest BCUT2D eigenvalue weighted by Crippen LogP contribution is 2.33. The summed E-state index contributed by atoms with van der Waals surface area (Å²) in [6, 6.07) is 6.45. The first-order chi connectivity index (χ1) is 10.1. The zero-order valence-electron chi connectivity index (χ0n) is 14.0. The molecule has 1 saturated carbocycles. The number of benzene rings is 1. The molecule has 0 radical (unpaired) electrons. The van der Waals surface area contributed by atoms with Gasteiger partial charge in [-0.05, 0) is 56.6 Å². The molecule has 1 nitrogen and oxygen atoms in total. The van der Waals surface area contributed by atoms with Crippen LogP contribution in [0, 0.1) is 25.7 Å². The van der Waals surface area contributed by atoms with Gasteiger partial charge in [0.05, 0.1) is 0 Å². The normalized spacial score (nSPS) is 22.2. The predicted octanol–water partition coefficient (Wildman–Crippen LogP) is 5.41. The third-order valence-corrected chi connectivity index (χ3v) is 5.14. The summed E-state index contributed by atoms with van der Waals surface area (Å²) in [5.74, 6) is 1.68. The van der Waals surface area contributed by atoms with Crippen molar-refractivity contribution in [2.45, 2.75) is 72.1 Å². The summed E-state index contributed by atoms with van der Waals surface area (Å²) in [6.45, 7) is 6.48. The topological polar surface area (TPSA) is 17.1 Å². The summed E-state index contributed by atoms with van der Waals surface area (Å²) in [4.78, 5) is 12.6. The Morgan fingerprint density at radius 2 is 1.86 bits per heavy atom. The highest BCUT2D eigenvalue weighted by Gasteiger charge is 2.26. The Kier molecular flexibility index (Phi) is 6.02. The second-order valence-electron chi connectivity index (χ2n) is 6.93. The van der Waals surface area contributed by atoms with Gasteiger partial charge in [-0.15, -0.1) is 0 Å². The SMILES string of the molecule is CCCCC1CCC(C(=O)Cc2cc(C)ccc2C)CC1. The minimum atomic E-state index is 0.322. The number of Topliss-reactive ketones (excluding diaryl/α,β-unsaturated/α-hetero) is 1. The second kappa shape index (κ2) is 7.77. The number of aryl methyl sites for hydroxylation is 2. The maximum atomic E-state index is 12.6. The van der Waals surface area contributed by atoms with Crippen LogP contribution in [0.2, 0.25) is 0 Å². The first-order valence-electron chi connectivity index (χ1n) is 8.69. The molecule has 2 rings (SSSR count). The number of unbranched alkanes of at least 4 members (excludes halogenated alkanes) is 1. The van der Waals surface area contributed by atoms with E-state index in [4.69, 9.17) is 0 Å². The van der Waals surface area contributed by atoms with Gasteiger partial charge in [0, 0.05) is 12.3 Å². The first kappa shape index (κ1) is 16.3. The molecule has 1 aromatic rings. The van der Waals surface area contributed by atoms with Crippen LogP contribution in [0.3, 0.4) is 0 Å². The van der Waals surface area contributed by atoms with Crippen molar-refractivity contribution in [1.29, 1.82) is 0 Å². The van der Waals surface area contributed by atoms with Crippen molar-refractivity contribution in [3.63, 3.8) is 0 Å². The predicted molar refractivity (Wildman–Crippen MR) is 89.6 cm³/mol. The third kappa shape index (κ3) is 4.69. The van der Waals surface area contributed by atoms with E-state index in [-0.39, 0.29) is 0 Å². The van der Waals surface area contributed by atoms with Crippen LogP contribution in [-0.4, -0.2) is 5.78 Å². The first-order valence-corrected chi connectivity index (χ1v) is 8.69. The molecule has 0 heterocycles. The molecule has 0 aliphatic heterocycles. The van der Waals surface area contributed by atoms with E-state index in [0.29, 0.717) is 18.1 Å². The maximum Gasteiger partial charge on any atom is 0.140 e. The number of rotatable bonds is 6. The van der Waals surface area contributed by atoms with E-state index < -0.39 is 0 Å². The molecule has 0 saturated heterocycles. The molecule has 0 unspecified atom stereocenters. The molecule has 1 heteroatoms. The number of carbonyl (C=O) groups is 1. The van der Waals surface area contributed by atoms with E-state index in [1.54, 1.807) is 0 Å². The van der Waals surface area contributed by atoms with Crippen LogP contribution in [-0.2, 0) is 11.2 Å². The van der Waals surface area contributed by atoms with Gasteiger partial charge in [0.1, 0.15) is 5.78 Å². The van der Waals surface area contributed by atoms with E-state index in [9.17, 15) is 4.79 Å². The van der Waals surface area contributed by atoms with Crippen LogP contribution in [0.5, 0.6) is 0 Å². The van der Waals surface area contributed by atoms with Crippen molar-refractivity contribution in [1.82, 2.24) is 0 Å². The fraction of sp³-hybridized carbons (Fsp3) is 0.650. The molecule has 0 bridgehead atoms. The highest BCUT2D eigenvalue weighted by atomic mass is 16.1. The monoisotopic (exact) mass is 286 g/mol. The van der Waals surface area contributed by atoms with Gasteiger partial charge in [-0.1, -0.05) is 49.9 Å². The molecule has 1 aliphatic carbocycles. The zero-order valence-corrected chi connectivity index (χ0v) is 14.0. The second-order valence-corrected chi connectivity index (χ2v) is 6.93. The Labute approximate surface area is 130 Å². The Morgan fingerprint density at radius 1 is 1.14 bits per heavy atom. The van der Waals surface area contributed by atoms with Crippen molar-refractivity contribution >= 4 is 5.78 Å². The zero-order chi connectivity index (χ0) is 15.2. The minimum absolute atomic E-state index is 0.322. The molecule has 1 aliphatic rings. The Morgan fingerprint density at radius 3 is 2.52 bits per heavy atom. The molecule has 0 amide bonds. The van der Waals surface area contributed by atoms with Crippen LogP contribution in [0.1, 0.15) is 68.6 Å². The number of hydrogen-bond acceptors (Lipinski definition) is 1. The molecule has 1 aromatic carbocycles. The van der Waals surface area contributed by atoms with E-state index >= 15 is 0 Å². The summed E-state index contributed by atoms with van der Waals surface area (Å²) in [7, 11) is 0. The lowest BCUT2D eigenvalue weighted by Crippen LogP contribution is -2.23. The van der Waals surface area contributed by atoms with Gasteiger partial charge in [-0.3, -0.25) is 4.79 Å². The van der Waals surface area contributed by atoms with Gasteiger partial charge >= 0.3 is 0 Å². The maximum absolute atomic E-state index is 12.6. The van der Waals surface area contributed by atoms with E-state index in [0.717, 1.165) is 18.8 Å². The lowest BCUT2D eigenvalue weighted by Gasteiger charge is -2.27. The molecule has 0 atom stereocenters. The standard InChI is InChI=1S/C20H30O/c1-4-5-6-17-9-11-18(12-10-17)20(21)14-19-13-15(2)7-8-16(19)3/h7-8,13,17-18H,4-6,9-12,14H2,1-3H3. The molecule has 0 spiro atoms. The van der Waals surface area contributed by atoms with Gasteiger partial charge in [-0.2, -0.15) is 0 Å². The van der Waals surface area contributed by atoms with Gasteiger partial charge in [0.15, 0.2) is 0 Å². The molecule has 0 aromatic heterocycles. The van der Waals surface area contributed by atoms with Gasteiger partial charge in [0.25, 0.3) is 0 Å². The van der Waals surface area contributed by atoms with Gasteiger partial charge in [-0.25, -0.2) is 0 Å². The van der Waals surface area contributed by atoms with Crippen LogP contribution < -0.4 is 0 Å². The summed E-state index contributed by atoms with van der Waals surface area (Å²) < 4.78 is 0. The number of ketones is 1. The fourth-order valence-electron chi connectivity index (χ4n) is 3.59. The largest absolute Gasteiger partial charge is 0.299 e. The molecular formula is C20H30O. The quantitative estimate of drug-likeness (QED) is 0.683. The average molecular weight is 286 g/mol. The lowest BCUT2D eigenvalue weighted by atomic mass is 9.77. The number of hydrogen-bond donors (Lipinski definition) is 0. The third-order valence-electron chi connectivity index (χ3n) is 5.14. The Bertz CT molecular complexity index is 467. The van der Waals surface area contributed by atoms with Crippen molar-refractivity contribution in [3.8, 4) is 0 Å². The smallest absolute Gasteiger partial charge is 0.140 e. The Balaban J connectivity index is 1.86. The molecule has 21 heavy (non-hydrogen) atoms. The summed E-state index contributed by atoms with van der Waals surface area (Å²) in [6.07, 6.45) is 9.44. The van der Waals surface area contributed by atoms with Crippen LogP contribution in [0.15, 0.2) is 18.2 Å². The van der Waals surface area contributed by atoms with Crippen molar-refractivity contribution in [2.75, 3.05) is 0 Å². The van der Waals surface area contributed by atoms with Crippen molar-refractivity contribution in [3.05, 3.63) is 34.9 Å². The van der Waals surface area contributed by atoms with Gasteiger partial charge in [0.2, 0.25) is 0 Å². The van der Waals surface area contributed by atoms with E-state index in [2.05, 4.69) is 39.0 Å². The van der Waals surface area contributed by atoms with Crippen molar-refractivity contribution < 1.29 is 4.79 Å². The molecule has 116 valence electrons. The summed E-state index contributed by atoms with van der Waals surface area (Å²) >= 11 is 0. The lowest BCUT2D eigenvalue weighted by molar-refractivity contribution is -0.123. The van der Waals surface area contributed by atoms with Crippen LogP contribution in [0.4, 0.5) is 0 Å². The Hall–Kier alpha value is -1.11. The van der Waals surface area contributed by atoms with Crippen molar-refractivity contribution in [2.24, 2.45) is 11.8 Å². The average Bonchev–Trinajstić information content (AvgIpc) is 2.49. The molecular weight excluding hydrogens is 256 g/mol. The van der Waals surface area contributed by atoms with Crippen LogP contribution in [0.25, 0.3) is 0 Å². The molecule has 1 fully saturated rings. The van der Waals surface area contributed by atoms with Gasteiger partial charge < -0.3 is 0 Å².